The molecule has 0 aliphatic rings. The number of rotatable bonds is 8. The molecule has 1 rings (SSSR count). The molecule has 0 atom stereocenters. The molecule has 0 heterocycles. The molecule has 0 radical (unpaired) electrons. The Labute approximate surface area is 120 Å². The molecule has 0 aliphatic carbocycles. The average molecular weight is 288 g/mol. The summed E-state index contributed by atoms with van der Waals surface area (Å²) >= 11 is 6.22. The van der Waals surface area contributed by atoms with Crippen molar-refractivity contribution in [1.29, 1.82) is 0 Å². The highest BCUT2D eigenvalue weighted by Gasteiger charge is 2.12. The van der Waals surface area contributed by atoms with Crippen molar-refractivity contribution in [3.8, 4) is 11.5 Å². The van der Waals surface area contributed by atoms with E-state index in [0.29, 0.717) is 29.2 Å². The lowest BCUT2D eigenvalue weighted by Crippen LogP contribution is -2.21. The topological polar surface area (TPSA) is 39.7 Å². The quantitative estimate of drug-likeness (QED) is 0.589. The Morgan fingerprint density at radius 1 is 1.32 bits per heavy atom. The fourth-order valence-electron chi connectivity index (χ4n) is 1.52. The number of ether oxygens (including phenoxy) is 3. The monoisotopic (exact) mass is 287 g/mol. The molecule has 1 aromatic carbocycles. The summed E-state index contributed by atoms with van der Waals surface area (Å²) in [5.74, 6) is 1.14. The van der Waals surface area contributed by atoms with Crippen LogP contribution >= 0.6 is 11.6 Å². The predicted molar refractivity (Wildman–Crippen MR) is 77.1 cm³/mol. The van der Waals surface area contributed by atoms with E-state index in [9.17, 15) is 0 Å². The molecule has 19 heavy (non-hydrogen) atoms. The van der Waals surface area contributed by atoms with E-state index in [4.69, 9.17) is 25.8 Å². The van der Waals surface area contributed by atoms with E-state index >= 15 is 0 Å². The van der Waals surface area contributed by atoms with Crippen LogP contribution in [-0.4, -0.2) is 26.6 Å². The van der Waals surface area contributed by atoms with Gasteiger partial charge in [-0.3, -0.25) is 0 Å². The molecular weight excluding hydrogens is 266 g/mol. The third-order valence-corrected chi connectivity index (χ3v) is 2.78. The van der Waals surface area contributed by atoms with Crippen LogP contribution in [0.1, 0.15) is 26.3 Å². The van der Waals surface area contributed by atoms with Crippen LogP contribution in [0.2, 0.25) is 5.02 Å². The standard InChI is InChI=1S/C14H22ClNO3/c1-5-18-9-19-14-12(15)6-11(7-13(14)17-4)8-16-10(2)3/h6-7,10,16H,5,8-9H2,1-4H3. The number of hydrogen-bond acceptors (Lipinski definition) is 4. The minimum atomic E-state index is 0.163. The third-order valence-electron chi connectivity index (χ3n) is 2.49. The Morgan fingerprint density at radius 3 is 2.63 bits per heavy atom. The Balaban J connectivity index is 2.81. The van der Waals surface area contributed by atoms with E-state index in [1.54, 1.807) is 7.11 Å². The predicted octanol–water partition coefficient (Wildman–Crippen LogP) is 3.22. The molecule has 108 valence electrons. The van der Waals surface area contributed by atoms with E-state index in [2.05, 4.69) is 19.2 Å². The molecular formula is C14H22ClNO3. The van der Waals surface area contributed by atoms with Gasteiger partial charge in [0, 0.05) is 19.2 Å². The van der Waals surface area contributed by atoms with Gasteiger partial charge in [0.05, 0.1) is 12.1 Å². The number of benzene rings is 1. The van der Waals surface area contributed by atoms with Gasteiger partial charge in [-0.1, -0.05) is 25.4 Å². The Morgan fingerprint density at radius 2 is 2.05 bits per heavy atom. The van der Waals surface area contributed by atoms with Gasteiger partial charge in [0.2, 0.25) is 0 Å². The first-order valence-corrected chi connectivity index (χ1v) is 6.76. The van der Waals surface area contributed by atoms with Crippen LogP contribution in [-0.2, 0) is 11.3 Å². The summed E-state index contributed by atoms with van der Waals surface area (Å²) < 4.78 is 15.9. The maximum Gasteiger partial charge on any atom is 0.189 e. The molecule has 0 spiro atoms. The summed E-state index contributed by atoms with van der Waals surface area (Å²) in [7, 11) is 1.60. The van der Waals surface area contributed by atoms with E-state index in [0.717, 1.165) is 12.1 Å². The molecule has 0 saturated heterocycles. The van der Waals surface area contributed by atoms with Crippen LogP contribution in [0.25, 0.3) is 0 Å². The maximum atomic E-state index is 6.22. The molecule has 0 aliphatic heterocycles. The van der Waals surface area contributed by atoms with Crippen molar-refractivity contribution in [3.05, 3.63) is 22.7 Å². The zero-order valence-electron chi connectivity index (χ0n) is 12.0. The Bertz CT molecular complexity index is 397. The van der Waals surface area contributed by atoms with Crippen molar-refractivity contribution in [2.75, 3.05) is 20.5 Å². The van der Waals surface area contributed by atoms with Crippen molar-refractivity contribution >= 4 is 11.6 Å². The first-order chi connectivity index (χ1) is 9.08. The van der Waals surface area contributed by atoms with Gasteiger partial charge in [0.25, 0.3) is 0 Å². The summed E-state index contributed by atoms with van der Waals surface area (Å²) in [6, 6.07) is 4.21. The smallest absolute Gasteiger partial charge is 0.189 e. The van der Waals surface area contributed by atoms with Crippen LogP contribution < -0.4 is 14.8 Å². The molecule has 0 unspecified atom stereocenters. The second-order valence-electron chi connectivity index (χ2n) is 4.40. The van der Waals surface area contributed by atoms with Crippen LogP contribution in [0.5, 0.6) is 11.5 Å². The molecule has 1 aromatic rings. The van der Waals surface area contributed by atoms with E-state index < -0.39 is 0 Å². The van der Waals surface area contributed by atoms with Gasteiger partial charge in [-0.05, 0) is 24.6 Å². The van der Waals surface area contributed by atoms with E-state index in [-0.39, 0.29) is 6.79 Å². The summed E-state index contributed by atoms with van der Waals surface area (Å²) in [6.07, 6.45) is 0. The van der Waals surface area contributed by atoms with Crippen molar-refractivity contribution in [2.24, 2.45) is 0 Å². The SMILES string of the molecule is CCOCOc1c(Cl)cc(CNC(C)C)cc1OC. The van der Waals surface area contributed by atoms with Gasteiger partial charge >= 0.3 is 0 Å². The highest BCUT2D eigenvalue weighted by Crippen LogP contribution is 2.36. The van der Waals surface area contributed by atoms with Crippen LogP contribution in [0.4, 0.5) is 0 Å². The van der Waals surface area contributed by atoms with Gasteiger partial charge in [0.15, 0.2) is 18.3 Å². The zero-order valence-corrected chi connectivity index (χ0v) is 12.7. The highest BCUT2D eigenvalue weighted by molar-refractivity contribution is 6.32. The third kappa shape index (κ3) is 5.27. The summed E-state index contributed by atoms with van der Waals surface area (Å²) in [5.41, 5.74) is 1.05. The van der Waals surface area contributed by atoms with Crippen molar-refractivity contribution < 1.29 is 14.2 Å². The number of nitrogens with one attached hydrogen (secondary N) is 1. The lowest BCUT2D eigenvalue weighted by Gasteiger charge is -2.15. The number of methoxy groups -OCH3 is 1. The van der Waals surface area contributed by atoms with Gasteiger partial charge in [0.1, 0.15) is 0 Å². The molecule has 0 amide bonds. The Kier molecular flexibility index (Phi) is 6.99. The van der Waals surface area contributed by atoms with Crippen molar-refractivity contribution in [1.82, 2.24) is 5.32 Å². The summed E-state index contributed by atoms with van der Waals surface area (Å²) in [6.45, 7) is 7.59. The lowest BCUT2D eigenvalue weighted by atomic mass is 10.2. The van der Waals surface area contributed by atoms with Gasteiger partial charge in [-0.2, -0.15) is 0 Å². The van der Waals surface area contributed by atoms with E-state index in [1.807, 2.05) is 19.1 Å². The molecule has 5 heteroatoms. The van der Waals surface area contributed by atoms with Gasteiger partial charge in [-0.25, -0.2) is 0 Å². The minimum absolute atomic E-state index is 0.163. The molecule has 4 nitrogen and oxygen atoms in total. The second kappa shape index (κ2) is 8.25. The number of hydrogen-bond donors (Lipinski definition) is 1. The zero-order chi connectivity index (χ0) is 14.3. The van der Waals surface area contributed by atoms with Crippen molar-refractivity contribution in [3.63, 3.8) is 0 Å². The lowest BCUT2D eigenvalue weighted by molar-refractivity contribution is 0.0209. The maximum absolute atomic E-state index is 6.22. The average Bonchev–Trinajstić information content (AvgIpc) is 2.38. The van der Waals surface area contributed by atoms with Gasteiger partial charge in [-0.15, -0.1) is 0 Å². The highest BCUT2D eigenvalue weighted by atomic mass is 35.5. The summed E-state index contributed by atoms with van der Waals surface area (Å²) in [5, 5.41) is 3.86. The first kappa shape index (κ1) is 16.1. The van der Waals surface area contributed by atoms with Crippen molar-refractivity contribution in [2.45, 2.75) is 33.4 Å². The van der Waals surface area contributed by atoms with Crippen LogP contribution in [0, 0.1) is 0 Å². The first-order valence-electron chi connectivity index (χ1n) is 6.38. The fraction of sp³-hybridized carbons (Fsp3) is 0.571. The minimum Gasteiger partial charge on any atom is -0.493 e. The van der Waals surface area contributed by atoms with Crippen LogP contribution in [0.15, 0.2) is 12.1 Å². The van der Waals surface area contributed by atoms with Crippen LogP contribution in [0.3, 0.4) is 0 Å². The number of halogens is 1. The van der Waals surface area contributed by atoms with E-state index in [1.165, 1.54) is 0 Å². The second-order valence-corrected chi connectivity index (χ2v) is 4.81. The molecule has 0 saturated carbocycles. The van der Waals surface area contributed by atoms with Gasteiger partial charge < -0.3 is 19.5 Å². The largest absolute Gasteiger partial charge is 0.493 e. The molecule has 0 aromatic heterocycles. The molecule has 1 N–H and O–H groups in total. The fourth-order valence-corrected chi connectivity index (χ4v) is 1.81. The molecule has 0 bridgehead atoms. The Hall–Kier alpha value is -0.970. The summed E-state index contributed by atoms with van der Waals surface area (Å²) in [4.78, 5) is 0. The molecule has 0 fully saturated rings. The normalized spacial score (nSPS) is 10.8.